The number of aryl methyl sites for hydroxylation is 5. The van der Waals surface area contributed by atoms with Crippen molar-refractivity contribution in [3.05, 3.63) is 392 Å². The number of hydrogen-bond acceptors (Lipinski definition) is 0. The lowest BCUT2D eigenvalue weighted by molar-refractivity contribution is 1.17. The molecule has 15 aromatic carbocycles. The molecule has 480 valence electrons. The zero-order chi connectivity index (χ0) is 67.6. The molecule has 0 bridgehead atoms. The Morgan fingerprint density at radius 2 is 0.450 bits per heavy atom. The summed E-state index contributed by atoms with van der Waals surface area (Å²) in [5.74, 6) is 0. The van der Waals surface area contributed by atoms with Crippen molar-refractivity contribution in [2.24, 2.45) is 0 Å². The van der Waals surface area contributed by atoms with Gasteiger partial charge in [0.15, 0.2) is 0 Å². The van der Waals surface area contributed by atoms with Gasteiger partial charge >= 0.3 is 0 Å². The average molecular weight is 1290 g/mol. The highest BCUT2D eigenvalue weighted by Gasteiger charge is 2.17. The molecule has 0 radical (unpaired) electrons. The minimum absolute atomic E-state index is 1.21. The van der Waals surface area contributed by atoms with Crippen LogP contribution < -0.4 is 0 Å². The molecule has 0 saturated heterocycles. The number of benzene rings is 15. The van der Waals surface area contributed by atoms with E-state index in [0.717, 1.165) is 0 Å². The number of aromatic nitrogens is 5. The van der Waals surface area contributed by atoms with Gasteiger partial charge in [0.2, 0.25) is 0 Å². The van der Waals surface area contributed by atoms with Crippen molar-refractivity contribution in [2.75, 3.05) is 0 Å². The summed E-state index contributed by atoms with van der Waals surface area (Å²) < 4.78 is 11.7. The molecule has 5 nitrogen and oxygen atoms in total. The number of nitrogens with zero attached hydrogens (tertiary/aromatic N) is 5. The fraction of sp³-hybridized carbons (Fsp3) is 0.0526. The predicted molar refractivity (Wildman–Crippen MR) is 428 cm³/mol. The first-order valence-electron chi connectivity index (χ1n) is 34.5. The van der Waals surface area contributed by atoms with E-state index in [4.69, 9.17) is 0 Å². The lowest BCUT2D eigenvalue weighted by atomic mass is 10.1. The standard InChI is InChI=1S/5C19H15N/c1-14-10-12-15(13-11-14)20-18-8-4-2-6-16(18)17-7-3-5-9-19(17)20;1-14-8-7-12-17-16-11-5-6-13-18(16)20(19(14)17)15-9-3-2-4-10-15;1-14-8-7-13-18-19(14)16-11-5-6-12-17(16)20(18)15-9-3-2-4-10-15;1-14-11-12-19-17(13-14)16-9-5-6-10-18(16)20(19)15-7-3-2-4-8-15;1-14-11-12-17-16-9-5-6-10-18(16)20(19(17)13-14)15-7-3-2-4-8-15/h5*2-13H,1H3. The Morgan fingerprint density at radius 3 is 0.940 bits per heavy atom. The SMILES string of the molecule is Cc1ccc(-n2c3ccccc3c3ccccc32)cc1.Cc1ccc2c(c1)c1ccccc1n2-c1ccccc1.Cc1ccc2c3ccccc3n(-c3ccccc3)c2c1.Cc1cccc2c1c1ccccc1n2-c1ccccc1.Cc1cccc2c3ccccc3n(-c3ccccc3)c12. The van der Waals surface area contributed by atoms with Crippen LogP contribution in [0.2, 0.25) is 0 Å². The molecule has 0 aliphatic rings. The molecule has 0 aliphatic carbocycles. The first-order valence-corrected chi connectivity index (χ1v) is 34.5. The summed E-state index contributed by atoms with van der Waals surface area (Å²) in [6.07, 6.45) is 0. The van der Waals surface area contributed by atoms with Gasteiger partial charge in [0.05, 0.1) is 55.2 Å². The highest BCUT2D eigenvalue weighted by Crippen LogP contribution is 2.38. The summed E-state index contributed by atoms with van der Waals surface area (Å²) in [4.78, 5) is 0. The second-order valence-electron chi connectivity index (χ2n) is 25.9. The third-order valence-corrected chi connectivity index (χ3v) is 19.4. The number of fused-ring (bicyclic) bond motifs is 15. The van der Waals surface area contributed by atoms with Gasteiger partial charge in [-0.15, -0.1) is 0 Å². The van der Waals surface area contributed by atoms with Gasteiger partial charge in [-0.25, -0.2) is 0 Å². The Kier molecular flexibility index (Phi) is 16.8. The predicted octanol–water partition coefficient (Wildman–Crippen LogP) is 25.5. The molecule has 0 atom stereocenters. The van der Waals surface area contributed by atoms with Crippen LogP contribution >= 0.6 is 0 Å². The van der Waals surface area contributed by atoms with Gasteiger partial charge < -0.3 is 22.8 Å². The van der Waals surface area contributed by atoms with Crippen LogP contribution in [0.3, 0.4) is 0 Å². The van der Waals surface area contributed by atoms with E-state index in [0.29, 0.717) is 0 Å². The summed E-state index contributed by atoms with van der Waals surface area (Å²) in [5, 5.41) is 13.2. The highest BCUT2D eigenvalue weighted by molar-refractivity contribution is 6.14. The van der Waals surface area contributed by atoms with E-state index in [1.54, 1.807) is 0 Å². The van der Waals surface area contributed by atoms with Gasteiger partial charge in [-0.2, -0.15) is 0 Å². The van der Waals surface area contributed by atoms with Gasteiger partial charge in [0, 0.05) is 82.3 Å². The van der Waals surface area contributed by atoms with Gasteiger partial charge in [0.25, 0.3) is 0 Å². The maximum atomic E-state index is 2.36. The van der Waals surface area contributed by atoms with Crippen molar-refractivity contribution in [1.82, 2.24) is 22.8 Å². The van der Waals surface area contributed by atoms with E-state index in [2.05, 4.69) is 421 Å². The van der Waals surface area contributed by atoms with E-state index in [1.807, 2.05) is 0 Å². The average Bonchev–Trinajstić information content (AvgIpc) is 1.62. The molecule has 20 aromatic rings. The molecule has 0 spiro atoms. The maximum Gasteiger partial charge on any atom is 0.0570 e. The second-order valence-corrected chi connectivity index (χ2v) is 25.9. The lowest BCUT2D eigenvalue weighted by Crippen LogP contribution is -1.94. The monoisotopic (exact) mass is 1290 g/mol. The third-order valence-electron chi connectivity index (χ3n) is 19.4. The molecule has 0 unspecified atom stereocenters. The Hall–Kier alpha value is -12.7. The molecule has 5 heteroatoms. The summed E-state index contributed by atoms with van der Waals surface area (Å²) in [5.41, 5.74) is 25.3. The molecule has 20 rings (SSSR count). The van der Waals surface area contributed by atoms with Crippen molar-refractivity contribution in [3.63, 3.8) is 0 Å². The van der Waals surface area contributed by atoms with E-state index in [-0.39, 0.29) is 0 Å². The van der Waals surface area contributed by atoms with Gasteiger partial charge in [0.1, 0.15) is 0 Å². The van der Waals surface area contributed by atoms with Crippen LogP contribution in [-0.4, -0.2) is 22.8 Å². The minimum Gasteiger partial charge on any atom is -0.309 e. The van der Waals surface area contributed by atoms with Gasteiger partial charge in [-0.05, 0) is 173 Å². The molecule has 5 aromatic heterocycles. The maximum absolute atomic E-state index is 2.36. The van der Waals surface area contributed by atoms with Crippen LogP contribution in [0.25, 0.3) is 137 Å². The zero-order valence-corrected chi connectivity index (χ0v) is 56.9. The topological polar surface area (TPSA) is 24.6 Å². The van der Waals surface area contributed by atoms with Crippen LogP contribution in [0.5, 0.6) is 0 Å². The molecule has 0 fully saturated rings. The fourth-order valence-electron chi connectivity index (χ4n) is 14.9. The summed E-state index contributed by atoms with van der Waals surface area (Å²) >= 11 is 0. The van der Waals surface area contributed by atoms with Crippen molar-refractivity contribution < 1.29 is 0 Å². The van der Waals surface area contributed by atoms with E-state index < -0.39 is 0 Å². The second kappa shape index (κ2) is 27.1. The fourth-order valence-corrected chi connectivity index (χ4v) is 14.9. The smallest absolute Gasteiger partial charge is 0.0570 e. The molecular formula is C95H75N5. The van der Waals surface area contributed by atoms with Crippen LogP contribution in [0.4, 0.5) is 0 Å². The summed E-state index contributed by atoms with van der Waals surface area (Å²) in [6, 6.07) is 129. The normalized spacial score (nSPS) is 11.2. The third kappa shape index (κ3) is 11.5. The Bertz CT molecular complexity index is 6190. The Labute approximate surface area is 583 Å². The van der Waals surface area contributed by atoms with Crippen molar-refractivity contribution in [3.8, 4) is 28.4 Å². The van der Waals surface area contributed by atoms with Crippen molar-refractivity contribution >= 4 is 109 Å². The van der Waals surface area contributed by atoms with Crippen molar-refractivity contribution in [2.45, 2.75) is 34.6 Å². The lowest BCUT2D eigenvalue weighted by Gasteiger charge is -2.08. The van der Waals surface area contributed by atoms with E-state index in [9.17, 15) is 0 Å². The number of rotatable bonds is 5. The largest absolute Gasteiger partial charge is 0.309 e. The van der Waals surface area contributed by atoms with Crippen LogP contribution in [0.1, 0.15) is 27.8 Å². The Morgan fingerprint density at radius 1 is 0.160 bits per heavy atom. The minimum atomic E-state index is 1.21. The molecule has 0 saturated carbocycles. The number of hydrogen-bond donors (Lipinski definition) is 0. The first-order chi connectivity index (χ1) is 49.3. The molecule has 5 heterocycles. The first kappa shape index (κ1) is 62.1. The highest BCUT2D eigenvalue weighted by atomic mass is 15.0. The van der Waals surface area contributed by atoms with Gasteiger partial charge in [-0.3, -0.25) is 0 Å². The van der Waals surface area contributed by atoms with Crippen LogP contribution in [0, 0.1) is 34.6 Å². The summed E-state index contributed by atoms with van der Waals surface area (Å²) in [6.45, 7) is 10.8. The van der Waals surface area contributed by atoms with Crippen molar-refractivity contribution in [1.29, 1.82) is 0 Å². The van der Waals surface area contributed by atoms with E-state index >= 15 is 0 Å². The molecule has 0 amide bonds. The Balaban J connectivity index is 0.0000000972. The molecular weight excluding hydrogens is 1210 g/mol. The van der Waals surface area contributed by atoms with E-state index in [1.165, 1.54) is 165 Å². The zero-order valence-electron chi connectivity index (χ0n) is 56.9. The van der Waals surface area contributed by atoms with Crippen LogP contribution in [-0.2, 0) is 0 Å². The van der Waals surface area contributed by atoms with Gasteiger partial charge in [-0.1, -0.05) is 254 Å². The quantitative estimate of drug-likeness (QED) is 0.164. The molecule has 0 aliphatic heterocycles. The summed E-state index contributed by atoms with van der Waals surface area (Å²) in [7, 11) is 0. The molecule has 100 heavy (non-hydrogen) atoms. The molecule has 0 N–H and O–H groups in total. The number of para-hydroxylation sites is 11. The van der Waals surface area contributed by atoms with Crippen LogP contribution in [0.15, 0.2) is 364 Å².